The van der Waals surface area contributed by atoms with Crippen molar-refractivity contribution in [3.05, 3.63) is 46.3 Å². The smallest absolute Gasteiger partial charge is 0.294 e. The van der Waals surface area contributed by atoms with E-state index in [4.69, 9.17) is 4.74 Å². The molecule has 3 aromatic rings. The molecule has 0 spiro atoms. The van der Waals surface area contributed by atoms with E-state index < -0.39 is 10.0 Å². The molecular weight excluding hydrogens is 359 g/mol. The Labute approximate surface area is 140 Å². The number of methoxy groups -OCH3 is 1. The Morgan fingerprint density at radius 3 is 2.87 bits per heavy atom. The lowest BCUT2D eigenvalue weighted by Crippen LogP contribution is -2.19. The summed E-state index contributed by atoms with van der Waals surface area (Å²) in [4.78, 5) is 0.302. The topological polar surface area (TPSA) is 60.7 Å². The summed E-state index contributed by atoms with van der Waals surface area (Å²) in [5, 5.41) is 1.68. The third-order valence-electron chi connectivity index (χ3n) is 3.11. The van der Waals surface area contributed by atoms with E-state index in [1.54, 1.807) is 29.2 Å². The van der Waals surface area contributed by atoms with E-state index in [0.29, 0.717) is 22.7 Å². The monoisotopic (exact) mass is 372 g/mol. The highest BCUT2D eigenvalue weighted by atomic mass is 32.2. The van der Waals surface area contributed by atoms with Crippen LogP contribution in [0.2, 0.25) is 0 Å². The molecule has 0 radical (unpaired) electrons. The molecule has 0 bridgehead atoms. The molecule has 9 heteroatoms. The molecule has 3 rings (SSSR count). The first-order chi connectivity index (χ1) is 11.0. The minimum atomic E-state index is -3.78. The van der Waals surface area contributed by atoms with Gasteiger partial charge in [-0.2, -0.15) is 8.42 Å². The van der Waals surface area contributed by atoms with E-state index in [1.807, 2.05) is 0 Å². The zero-order valence-electron chi connectivity index (χ0n) is 12.1. The first-order valence-corrected chi connectivity index (χ1v) is 9.77. The lowest BCUT2D eigenvalue weighted by atomic mass is 10.3. The van der Waals surface area contributed by atoms with Gasteiger partial charge in [-0.05, 0) is 29.6 Å². The first-order valence-electron chi connectivity index (χ1n) is 6.63. The number of halogens is 1. The molecule has 0 N–H and O–H groups in total. The fourth-order valence-corrected chi connectivity index (χ4v) is 5.33. The Morgan fingerprint density at radius 2 is 2.17 bits per heavy atom. The molecule has 1 aromatic carbocycles. The summed E-state index contributed by atoms with van der Waals surface area (Å²) < 4.78 is 49.7. The Hall–Kier alpha value is -1.55. The van der Waals surface area contributed by atoms with Crippen LogP contribution in [0.4, 0.5) is 4.39 Å². The van der Waals surface area contributed by atoms with Crippen molar-refractivity contribution in [1.82, 2.24) is 4.57 Å². The molecule has 0 fully saturated rings. The number of sulfonamides is 1. The van der Waals surface area contributed by atoms with Crippen LogP contribution in [0.15, 0.2) is 44.3 Å². The normalized spacial score (nSPS) is 13.0. The molecule has 2 heterocycles. The predicted octanol–water partition coefficient (Wildman–Crippen LogP) is 2.84. The molecule has 0 amide bonds. The summed E-state index contributed by atoms with van der Waals surface area (Å²) in [6.07, 6.45) is 0. The van der Waals surface area contributed by atoms with Gasteiger partial charge in [0.05, 0.1) is 16.8 Å². The zero-order valence-corrected chi connectivity index (χ0v) is 14.5. The maximum absolute atomic E-state index is 13.4. The van der Waals surface area contributed by atoms with Crippen LogP contribution in [0, 0.1) is 5.82 Å². The molecule has 0 saturated heterocycles. The van der Waals surface area contributed by atoms with Crippen LogP contribution in [0.1, 0.15) is 0 Å². The van der Waals surface area contributed by atoms with Crippen LogP contribution in [0.3, 0.4) is 0 Å². The second kappa shape index (κ2) is 6.52. The van der Waals surface area contributed by atoms with Crippen molar-refractivity contribution in [2.45, 2.75) is 10.8 Å². The van der Waals surface area contributed by atoms with Gasteiger partial charge in [-0.15, -0.1) is 15.7 Å². The van der Waals surface area contributed by atoms with Gasteiger partial charge >= 0.3 is 0 Å². The van der Waals surface area contributed by atoms with Crippen LogP contribution in [-0.4, -0.2) is 26.7 Å². The van der Waals surface area contributed by atoms with Gasteiger partial charge in [-0.1, -0.05) is 17.4 Å². The van der Waals surface area contributed by atoms with Gasteiger partial charge in [0.1, 0.15) is 10.0 Å². The summed E-state index contributed by atoms with van der Waals surface area (Å²) in [5.74, 6) is -0.370. The molecule has 0 aliphatic rings. The number of thiophene rings is 1. The molecule has 0 unspecified atom stereocenters. The van der Waals surface area contributed by atoms with Crippen molar-refractivity contribution < 1.29 is 17.5 Å². The molecule has 0 saturated carbocycles. The van der Waals surface area contributed by atoms with E-state index in [9.17, 15) is 12.8 Å². The molecule has 0 atom stereocenters. The Morgan fingerprint density at radius 1 is 1.35 bits per heavy atom. The highest BCUT2D eigenvalue weighted by Gasteiger charge is 2.15. The Balaban J connectivity index is 2.21. The largest absolute Gasteiger partial charge is 0.383 e. The Kier molecular flexibility index (Phi) is 4.62. The quantitative estimate of drug-likeness (QED) is 0.692. The van der Waals surface area contributed by atoms with Crippen molar-refractivity contribution in [2.24, 2.45) is 4.40 Å². The standard InChI is InChI=1S/C14H13FN2O3S3/c1-20-7-6-17-11-5-4-10(15)9-12(11)22-14(17)16-23(18,19)13-3-2-8-21-13/h2-5,8-9H,6-7H2,1H3. The van der Waals surface area contributed by atoms with Crippen molar-refractivity contribution in [2.75, 3.05) is 13.7 Å². The van der Waals surface area contributed by atoms with Gasteiger partial charge in [-0.3, -0.25) is 0 Å². The summed E-state index contributed by atoms with van der Waals surface area (Å²) >= 11 is 2.25. The number of thiazole rings is 1. The third-order valence-corrected chi connectivity index (χ3v) is 6.91. The second-order valence-electron chi connectivity index (χ2n) is 4.64. The number of nitrogens with zero attached hydrogens (tertiary/aromatic N) is 2. The number of hydrogen-bond acceptors (Lipinski definition) is 5. The average molecular weight is 372 g/mol. The highest BCUT2D eigenvalue weighted by molar-refractivity contribution is 7.92. The molecule has 0 aliphatic heterocycles. The molecule has 23 heavy (non-hydrogen) atoms. The number of ether oxygens (including phenoxy) is 1. The van der Waals surface area contributed by atoms with E-state index >= 15 is 0 Å². The van der Waals surface area contributed by atoms with Crippen molar-refractivity contribution >= 4 is 42.9 Å². The number of benzene rings is 1. The van der Waals surface area contributed by atoms with Crippen molar-refractivity contribution in [3.8, 4) is 0 Å². The van der Waals surface area contributed by atoms with Crippen molar-refractivity contribution in [3.63, 3.8) is 0 Å². The van der Waals surface area contributed by atoms with E-state index in [-0.39, 0.29) is 10.0 Å². The van der Waals surface area contributed by atoms with Crippen molar-refractivity contribution in [1.29, 1.82) is 0 Å². The van der Waals surface area contributed by atoms with Gasteiger partial charge in [0, 0.05) is 13.7 Å². The SMILES string of the molecule is COCCn1c(=NS(=O)(=O)c2cccs2)sc2cc(F)ccc21. The van der Waals surface area contributed by atoms with Gasteiger partial charge in [-0.25, -0.2) is 4.39 Å². The Bertz CT molecular complexity index is 988. The highest BCUT2D eigenvalue weighted by Crippen LogP contribution is 2.21. The van der Waals surface area contributed by atoms with Crippen LogP contribution < -0.4 is 4.80 Å². The maximum atomic E-state index is 13.4. The predicted molar refractivity (Wildman–Crippen MR) is 88.7 cm³/mol. The maximum Gasteiger partial charge on any atom is 0.294 e. The van der Waals surface area contributed by atoms with Gasteiger partial charge < -0.3 is 9.30 Å². The second-order valence-corrected chi connectivity index (χ2v) is 8.43. The lowest BCUT2D eigenvalue weighted by molar-refractivity contribution is 0.187. The number of rotatable bonds is 5. The van der Waals surface area contributed by atoms with Crippen LogP contribution in [-0.2, 0) is 21.3 Å². The van der Waals surface area contributed by atoms with E-state index in [0.717, 1.165) is 28.2 Å². The number of fused-ring (bicyclic) bond motifs is 1. The lowest BCUT2D eigenvalue weighted by Gasteiger charge is -2.04. The summed E-state index contributed by atoms with van der Waals surface area (Å²) in [6.45, 7) is 0.830. The molecule has 2 aromatic heterocycles. The van der Waals surface area contributed by atoms with Gasteiger partial charge in [0.15, 0.2) is 0 Å². The molecule has 122 valence electrons. The first kappa shape index (κ1) is 16.3. The number of hydrogen-bond donors (Lipinski definition) is 0. The summed E-state index contributed by atoms with van der Waals surface area (Å²) in [7, 11) is -2.21. The molecule has 5 nitrogen and oxygen atoms in total. The zero-order chi connectivity index (χ0) is 16.4. The molecule has 0 aliphatic carbocycles. The fourth-order valence-electron chi connectivity index (χ4n) is 2.07. The fraction of sp³-hybridized carbons (Fsp3) is 0.214. The summed E-state index contributed by atoms with van der Waals surface area (Å²) in [5.41, 5.74) is 0.730. The van der Waals surface area contributed by atoms with Gasteiger partial charge in [0.2, 0.25) is 4.80 Å². The minimum absolute atomic E-state index is 0.180. The van der Waals surface area contributed by atoms with Crippen LogP contribution in [0.25, 0.3) is 10.2 Å². The van der Waals surface area contributed by atoms with E-state index in [1.165, 1.54) is 18.2 Å². The van der Waals surface area contributed by atoms with Gasteiger partial charge in [0.25, 0.3) is 10.0 Å². The van der Waals surface area contributed by atoms with E-state index in [2.05, 4.69) is 4.40 Å². The number of aromatic nitrogens is 1. The average Bonchev–Trinajstić information content (AvgIpc) is 3.12. The van der Waals surface area contributed by atoms with Crippen LogP contribution >= 0.6 is 22.7 Å². The van der Waals surface area contributed by atoms with Crippen LogP contribution in [0.5, 0.6) is 0 Å². The summed E-state index contributed by atoms with van der Waals surface area (Å²) in [6, 6.07) is 7.51. The molecular formula is C14H13FN2O3S3. The minimum Gasteiger partial charge on any atom is -0.383 e. The third kappa shape index (κ3) is 3.37.